The van der Waals surface area contributed by atoms with Crippen LogP contribution in [0.15, 0.2) is 53.3 Å². The molecule has 1 aliphatic heterocycles. The summed E-state index contributed by atoms with van der Waals surface area (Å²) in [7, 11) is 1.59. The molecule has 1 N–H and O–H groups in total. The quantitative estimate of drug-likeness (QED) is 0.472. The third-order valence-corrected chi connectivity index (χ3v) is 6.47. The minimum absolute atomic E-state index is 0.0544. The van der Waals surface area contributed by atoms with Crippen molar-refractivity contribution in [3.63, 3.8) is 0 Å². The second kappa shape index (κ2) is 9.26. The Morgan fingerprint density at radius 3 is 2.76 bits per heavy atom. The average molecular weight is 479 g/mol. The van der Waals surface area contributed by atoms with Crippen LogP contribution in [-0.2, 0) is 6.54 Å². The highest BCUT2D eigenvalue weighted by Crippen LogP contribution is 2.26. The van der Waals surface area contributed by atoms with Crippen molar-refractivity contribution < 1.29 is 9.53 Å². The number of nitrogens with one attached hydrogen (secondary N) is 1. The van der Waals surface area contributed by atoms with Gasteiger partial charge < -0.3 is 14.6 Å². The number of aromatic amines is 1. The summed E-state index contributed by atoms with van der Waals surface area (Å²) >= 11 is 6.30. The van der Waals surface area contributed by atoms with Crippen molar-refractivity contribution in [1.29, 1.82) is 0 Å². The molecule has 9 nitrogen and oxygen atoms in total. The predicted molar refractivity (Wildman–Crippen MR) is 127 cm³/mol. The lowest BCUT2D eigenvalue weighted by Crippen LogP contribution is -2.40. The van der Waals surface area contributed by atoms with Crippen LogP contribution < -0.4 is 10.3 Å². The van der Waals surface area contributed by atoms with Crippen molar-refractivity contribution in [2.75, 3.05) is 20.2 Å². The lowest BCUT2D eigenvalue weighted by atomic mass is 9.96. The Kier molecular flexibility index (Phi) is 6.02. The summed E-state index contributed by atoms with van der Waals surface area (Å²) in [5.41, 5.74) is 1.69. The van der Waals surface area contributed by atoms with Gasteiger partial charge in [-0.2, -0.15) is 0 Å². The van der Waals surface area contributed by atoms with Crippen molar-refractivity contribution >= 4 is 28.7 Å². The maximum atomic E-state index is 13.1. The zero-order valence-electron chi connectivity index (χ0n) is 18.6. The Bertz CT molecular complexity index is 1400. The zero-order valence-corrected chi connectivity index (χ0v) is 19.3. The average Bonchev–Trinajstić information content (AvgIpc) is 3.28. The fourth-order valence-corrected chi connectivity index (χ4v) is 4.47. The number of piperidine rings is 1. The normalized spacial score (nSPS) is 16.1. The monoisotopic (exact) mass is 478 g/mol. The number of rotatable bonds is 5. The molecule has 2 aromatic carbocycles. The largest absolute Gasteiger partial charge is 0.497 e. The van der Waals surface area contributed by atoms with Gasteiger partial charge in [-0.05, 0) is 48.7 Å². The molecule has 1 aliphatic rings. The van der Waals surface area contributed by atoms with Gasteiger partial charge in [0.25, 0.3) is 11.5 Å². The number of methoxy groups -OCH3 is 1. The van der Waals surface area contributed by atoms with Crippen molar-refractivity contribution in [3.8, 4) is 5.75 Å². The van der Waals surface area contributed by atoms with E-state index in [0.717, 1.165) is 18.4 Å². The zero-order chi connectivity index (χ0) is 23.7. The van der Waals surface area contributed by atoms with Crippen LogP contribution in [0.2, 0.25) is 5.02 Å². The van der Waals surface area contributed by atoms with Gasteiger partial charge in [0.1, 0.15) is 11.6 Å². The van der Waals surface area contributed by atoms with E-state index in [1.807, 2.05) is 18.2 Å². The number of halogens is 1. The molecule has 0 aliphatic carbocycles. The number of hydrogen-bond donors (Lipinski definition) is 1. The molecule has 3 heterocycles. The van der Waals surface area contributed by atoms with E-state index in [9.17, 15) is 9.59 Å². The maximum absolute atomic E-state index is 13.1. The topological polar surface area (TPSA) is 106 Å². The van der Waals surface area contributed by atoms with Crippen LogP contribution in [0.4, 0.5) is 0 Å². The highest BCUT2D eigenvalue weighted by molar-refractivity contribution is 6.31. The highest BCUT2D eigenvalue weighted by Gasteiger charge is 2.28. The molecule has 34 heavy (non-hydrogen) atoms. The Morgan fingerprint density at radius 1 is 1.21 bits per heavy atom. The van der Waals surface area contributed by atoms with E-state index in [1.54, 1.807) is 47.0 Å². The Labute approximate surface area is 200 Å². The first-order valence-corrected chi connectivity index (χ1v) is 11.4. The summed E-state index contributed by atoms with van der Waals surface area (Å²) < 4.78 is 6.76. The number of aromatic nitrogens is 5. The molecule has 1 unspecified atom stereocenters. The van der Waals surface area contributed by atoms with E-state index in [-0.39, 0.29) is 22.9 Å². The summed E-state index contributed by atoms with van der Waals surface area (Å²) in [4.78, 5) is 35.2. The maximum Gasteiger partial charge on any atom is 0.281 e. The van der Waals surface area contributed by atoms with Gasteiger partial charge in [0.05, 0.1) is 13.7 Å². The molecular formula is C24H23ClN6O3. The first kappa shape index (κ1) is 22.1. The number of hydrogen-bond acceptors (Lipinski definition) is 6. The van der Waals surface area contributed by atoms with E-state index in [4.69, 9.17) is 21.3 Å². The number of fused-ring (bicyclic) bond motifs is 1. The number of amides is 1. The van der Waals surface area contributed by atoms with Gasteiger partial charge >= 0.3 is 0 Å². The first-order valence-electron chi connectivity index (χ1n) is 11.0. The number of likely N-dealkylation sites (tertiary alicyclic amines) is 1. The van der Waals surface area contributed by atoms with Gasteiger partial charge in [0.15, 0.2) is 11.2 Å². The molecule has 1 atom stereocenters. The summed E-state index contributed by atoms with van der Waals surface area (Å²) in [5.74, 6) is 1.08. The SMILES string of the molecule is COc1ccc(C(=O)N2CCCC(c3nc4c(nnn4Cc4ccccc4Cl)c(=O)[nH]3)C2)cc1. The number of ether oxygens (including phenoxy) is 1. The van der Waals surface area contributed by atoms with Crippen LogP contribution in [-0.4, -0.2) is 56.0 Å². The van der Waals surface area contributed by atoms with Crippen molar-refractivity contribution in [3.05, 3.63) is 80.9 Å². The Balaban J connectivity index is 1.41. The molecule has 1 fully saturated rings. The van der Waals surface area contributed by atoms with E-state index >= 15 is 0 Å². The van der Waals surface area contributed by atoms with E-state index in [2.05, 4.69) is 15.3 Å². The van der Waals surface area contributed by atoms with Crippen molar-refractivity contribution in [2.45, 2.75) is 25.3 Å². The number of nitrogens with zero attached hydrogens (tertiary/aromatic N) is 5. The van der Waals surface area contributed by atoms with Gasteiger partial charge in [-0.15, -0.1) is 5.10 Å². The van der Waals surface area contributed by atoms with Crippen LogP contribution in [0.25, 0.3) is 11.2 Å². The lowest BCUT2D eigenvalue weighted by Gasteiger charge is -2.32. The predicted octanol–water partition coefficient (Wildman–Crippen LogP) is 3.24. The molecule has 0 bridgehead atoms. The molecule has 1 amide bonds. The van der Waals surface area contributed by atoms with Crippen LogP contribution in [0.1, 0.15) is 40.5 Å². The molecule has 5 rings (SSSR count). The molecule has 4 aromatic rings. The number of carbonyl (C=O) groups excluding carboxylic acids is 1. The summed E-state index contributed by atoms with van der Waals surface area (Å²) in [6.45, 7) is 1.46. The molecule has 1 saturated heterocycles. The smallest absolute Gasteiger partial charge is 0.281 e. The number of H-pyrrole nitrogens is 1. The molecule has 2 aromatic heterocycles. The molecule has 174 valence electrons. The third-order valence-electron chi connectivity index (χ3n) is 6.10. The van der Waals surface area contributed by atoms with Crippen molar-refractivity contribution in [1.82, 2.24) is 29.9 Å². The molecule has 10 heteroatoms. The minimum atomic E-state index is -0.344. The lowest BCUT2D eigenvalue weighted by molar-refractivity contribution is 0.0704. The van der Waals surface area contributed by atoms with E-state index < -0.39 is 0 Å². The van der Waals surface area contributed by atoms with Gasteiger partial charge in [0.2, 0.25) is 0 Å². The van der Waals surface area contributed by atoms with Crippen LogP contribution in [0, 0.1) is 0 Å². The van der Waals surface area contributed by atoms with Crippen LogP contribution in [0.3, 0.4) is 0 Å². The van der Waals surface area contributed by atoms with Crippen molar-refractivity contribution in [2.24, 2.45) is 0 Å². The summed E-state index contributed by atoms with van der Waals surface area (Å²) in [5, 5.41) is 8.75. The minimum Gasteiger partial charge on any atom is -0.497 e. The highest BCUT2D eigenvalue weighted by atomic mass is 35.5. The molecule has 0 saturated carbocycles. The van der Waals surface area contributed by atoms with Gasteiger partial charge in [-0.1, -0.05) is 35.0 Å². The molecule has 0 spiro atoms. The standard InChI is InChI=1S/C24H23ClN6O3/c1-34-18-10-8-15(9-11-18)24(33)30-12-4-6-17(13-30)21-26-22-20(23(32)27-21)28-29-31(22)14-16-5-2-3-7-19(16)25/h2-3,5,7-11,17H,4,6,12-14H2,1H3,(H,26,27,32). The molecule has 0 radical (unpaired) electrons. The Hall–Kier alpha value is -3.72. The first-order chi connectivity index (χ1) is 16.5. The fraction of sp³-hybridized carbons (Fsp3) is 0.292. The van der Waals surface area contributed by atoms with Crippen LogP contribution >= 0.6 is 11.6 Å². The second-order valence-corrected chi connectivity index (χ2v) is 8.69. The van der Waals surface area contributed by atoms with Gasteiger partial charge in [-0.3, -0.25) is 9.59 Å². The number of benzene rings is 2. The van der Waals surface area contributed by atoms with Gasteiger partial charge in [0, 0.05) is 29.6 Å². The number of carbonyl (C=O) groups is 1. The molecular weight excluding hydrogens is 456 g/mol. The fourth-order valence-electron chi connectivity index (χ4n) is 4.27. The van der Waals surface area contributed by atoms with Gasteiger partial charge in [-0.25, -0.2) is 9.67 Å². The Morgan fingerprint density at radius 2 is 2.00 bits per heavy atom. The van der Waals surface area contributed by atoms with E-state index in [1.165, 1.54) is 0 Å². The van der Waals surface area contributed by atoms with Crippen LogP contribution in [0.5, 0.6) is 5.75 Å². The summed E-state index contributed by atoms with van der Waals surface area (Å²) in [6, 6.07) is 14.5. The second-order valence-electron chi connectivity index (χ2n) is 8.28. The summed E-state index contributed by atoms with van der Waals surface area (Å²) in [6.07, 6.45) is 1.62. The third kappa shape index (κ3) is 4.26. The van der Waals surface area contributed by atoms with E-state index in [0.29, 0.717) is 47.4 Å².